The molecule has 4 rings (SSSR count). The zero-order chi connectivity index (χ0) is 20.7. The molecule has 0 atom stereocenters. The third kappa shape index (κ3) is 3.77. The molecule has 2 N–H and O–H groups in total. The van der Waals surface area contributed by atoms with Crippen LogP contribution in [0.25, 0.3) is 10.4 Å². The Morgan fingerprint density at radius 2 is 2.03 bits per heavy atom. The smallest absolute Gasteiger partial charge is 0.336 e. The van der Waals surface area contributed by atoms with E-state index in [1.807, 2.05) is 24.3 Å². The minimum Gasteiger partial charge on any atom is -0.493 e. The standard InChI is InChI=1S/C21H15BrClNO4S/c1-10-13(21(26)27)4-5-15(23)18(10)24-20(25)17-8-11-6-7-28-16-9-12(22)2-3-14(16)19(11)29-17/h2-5,8-9H,6-7H2,1H3,(H,24,25)(H,26,27). The van der Waals surface area contributed by atoms with Crippen molar-refractivity contribution < 1.29 is 19.4 Å². The fourth-order valence-corrected chi connectivity index (χ4v) is 4.99. The van der Waals surface area contributed by atoms with E-state index in [1.54, 1.807) is 6.92 Å². The van der Waals surface area contributed by atoms with Gasteiger partial charge in [0.25, 0.3) is 5.91 Å². The summed E-state index contributed by atoms with van der Waals surface area (Å²) < 4.78 is 6.76. The minimum absolute atomic E-state index is 0.100. The largest absolute Gasteiger partial charge is 0.493 e. The topological polar surface area (TPSA) is 75.6 Å². The van der Waals surface area contributed by atoms with E-state index in [2.05, 4.69) is 21.2 Å². The number of benzene rings is 2. The number of hydrogen-bond acceptors (Lipinski definition) is 4. The summed E-state index contributed by atoms with van der Waals surface area (Å²) in [7, 11) is 0. The Morgan fingerprint density at radius 3 is 2.79 bits per heavy atom. The monoisotopic (exact) mass is 491 g/mol. The normalized spacial score (nSPS) is 12.4. The Morgan fingerprint density at radius 1 is 1.24 bits per heavy atom. The van der Waals surface area contributed by atoms with Crippen molar-refractivity contribution >= 4 is 56.4 Å². The van der Waals surface area contributed by atoms with Gasteiger partial charge in [-0.2, -0.15) is 0 Å². The first-order chi connectivity index (χ1) is 13.8. The van der Waals surface area contributed by atoms with Crippen molar-refractivity contribution in [2.75, 3.05) is 11.9 Å². The van der Waals surface area contributed by atoms with Gasteiger partial charge in [-0.3, -0.25) is 4.79 Å². The van der Waals surface area contributed by atoms with Gasteiger partial charge in [0.15, 0.2) is 0 Å². The van der Waals surface area contributed by atoms with Crippen molar-refractivity contribution in [1.29, 1.82) is 0 Å². The molecular weight excluding hydrogens is 478 g/mol. The van der Waals surface area contributed by atoms with Gasteiger partial charge in [0.1, 0.15) is 5.75 Å². The second kappa shape index (κ2) is 7.82. The summed E-state index contributed by atoms with van der Waals surface area (Å²) in [4.78, 5) is 25.8. The quantitative estimate of drug-likeness (QED) is 0.468. The highest BCUT2D eigenvalue weighted by Gasteiger charge is 2.23. The van der Waals surface area contributed by atoms with Crippen LogP contribution in [0.4, 0.5) is 5.69 Å². The number of fused-ring (bicyclic) bond motifs is 3. The molecule has 0 aliphatic carbocycles. The van der Waals surface area contributed by atoms with Gasteiger partial charge in [0.05, 0.1) is 27.8 Å². The molecule has 0 spiro atoms. The van der Waals surface area contributed by atoms with E-state index in [0.29, 0.717) is 34.2 Å². The maximum absolute atomic E-state index is 12.9. The Hall–Kier alpha value is -2.35. The third-order valence-electron chi connectivity index (χ3n) is 4.73. The van der Waals surface area contributed by atoms with E-state index >= 15 is 0 Å². The fourth-order valence-electron chi connectivity index (χ4n) is 3.27. The van der Waals surface area contributed by atoms with Crippen LogP contribution in [0.3, 0.4) is 0 Å². The molecule has 1 aliphatic heterocycles. The molecule has 2 aromatic carbocycles. The number of rotatable bonds is 3. The number of anilines is 1. The highest BCUT2D eigenvalue weighted by molar-refractivity contribution is 9.10. The lowest BCUT2D eigenvalue weighted by atomic mass is 10.1. The summed E-state index contributed by atoms with van der Waals surface area (Å²) in [5.41, 5.74) is 2.83. The minimum atomic E-state index is -1.07. The molecule has 29 heavy (non-hydrogen) atoms. The second-order valence-electron chi connectivity index (χ2n) is 6.56. The molecule has 0 fully saturated rings. The summed E-state index contributed by atoms with van der Waals surface area (Å²) in [6.07, 6.45) is 0.694. The van der Waals surface area contributed by atoms with E-state index in [-0.39, 0.29) is 11.5 Å². The fraction of sp³-hybridized carbons (Fsp3) is 0.143. The summed E-state index contributed by atoms with van der Waals surface area (Å²) >= 11 is 11.1. The lowest BCUT2D eigenvalue weighted by Gasteiger charge is -2.12. The van der Waals surface area contributed by atoms with Crippen LogP contribution >= 0.6 is 38.9 Å². The van der Waals surface area contributed by atoms with Crippen LogP contribution in [0.15, 0.2) is 40.9 Å². The number of carbonyl (C=O) groups excluding carboxylic acids is 1. The molecule has 0 saturated carbocycles. The van der Waals surface area contributed by atoms with Crippen molar-refractivity contribution in [2.24, 2.45) is 0 Å². The average Bonchev–Trinajstić information content (AvgIpc) is 3.01. The van der Waals surface area contributed by atoms with Gasteiger partial charge in [-0.15, -0.1) is 11.3 Å². The first kappa shape index (κ1) is 19.9. The molecule has 5 nitrogen and oxygen atoms in total. The van der Waals surface area contributed by atoms with Crippen molar-refractivity contribution in [3.8, 4) is 16.2 Å². The van der Waals surface area contributed by atoms with E-state index in [4.69, 9.17) is 16.3 Å². The van der Waals surface area contributed by atoms with Gasteiger partial charge in [-0.1, -0.05) is 27.5 Å². The highest BCUT2D eigenvalue weighted by atomic mass is 79.9. The Labute approximate surface area is 184 Å². The van der Waals surface area contributed by atoms with Gasteiger partial charge in [-0.25, -0.2) is 4.79 Å². The van der Waals surface area contributed by atoms with Crippen LogP contribution in [0.1, 0.15) is 31.2 Å². The van der Waals surface area contributed by atoms with E-state index < -0.39 is 5.97 Å². The number of hydrogen-bond donors (Lipinski definition) is 2. The first-order valence-corrected chi connectivity index (χ1v) is 10.7. The van der Waals surface area contributed by atoms with Gasteiger partial charge in [-0.05, 0) is 54.4 Å². The van der Waals surface area contributed by atoms with Crippen molar-refractivity contribution in [2.45, 2.75) is 13.3 Å². The number of carboxylic acids is 1. The molecule has 1 aliphatic rings. The van der Waals surface area contributed by atoms with Crippen molar-refractivity contribution in [1.82, 2.24) is 0 Å². The Bertz CT molecular complexity index is 1160. The third-order valence-corrected chi connectivity index (χ3v) is 6.75. The van der Waals surface area contributed by atoms with Crippen LogP contribution in [0.5, 0.6) is 5.75 Å². The lowest BCUT2D eigenvalue weighted by molar-refractivity contribution is 0.0695. The molecule has 3 aromatic rings. The molecular formula is C21H15BrClNO4S. The second-order valence-corrected chi connectivity index (χ2v) is 8.93. The van der Waals surface area contributed by atoms with Gasteiger partial charge < -0.3 is 15.2 Å². The predicted octanol–water partition coefficient (Wildman–Crippen LogP) is 6.02. The number of nitrogens with one attached hydrogen (secondary N) is 1. The Balaban J connectivity index is 1.70. The SMILES string of the molecule is Cc1c(C(=O)O)ccc(Cl)c1NC(=O)c1cc2c(s1)-c1ccc(Br)cc1OCC2. The number of carboxylic acid groups (broad SMARTS) is 1. The molecule has 1 aromatic heterocycles. The first-order valence-electron chi connectivity index (χ1n) is 8.74. The number of amides is 1. The zero-order valence-corrected chi connectivity index (χ0v) is 18.4. The summed E-state index contributed by atoms with van der Waals surface area (Å²) in [5, 5.41) is 12.4. The molecule has 1 amide bonds. The van der Waals surface area contributed by atoms with Crippen LogP contribution in [0.2, 0.25) is 5.02 Å². The number of ether oxygens (including phenoxy) is 1. The van der Waals surface area contributed by atoms with Gasteiger partial charge in [0.2, 0.25) is 0 Å². The van der Waals surface area contributed by atoms with E-state index in [0.717, 1.165) is 26.2 Å². The van der Waals surface area contributed by atoms with Gasteiger partial charge >= 0.3 is 5.97 Å². The predicted molar refractivity (Wildman–Crippen MR) is 118 cm³/mol. The van der Waals surface area contributed by atoms with Gasteiger partial charge in [0, 0.05) is 21.3 Å². The summed E-state index contributed by atoms with van der Waals surface area (Å²) in [5.74, 6) is -0.615. The average molecular weight is 493 g/mol. The molecule has 0 bridgehead atoms. The molecule has 2 heterocycles. The molecule has 0 radical (unpaired) electrons. The number of aromatic carboxylic acids is 1. The number of halogens is 2. The molecule has 8 heteroatoms. The summed E-state index contributed by atoms with van der Waals surface area (Å²) in [6, 6.07) is 10.6. The number of thiophene rings is 1. The number of carbonyl (C=O) groups is 2. The molecule has 0 unspecified atom stereocenters. The van der Waals surface area contributed by atoms with E-state index in [1.165, 1.54) is 23.5 Å². The Kier molecular flexibility index (Phi) is 5.38. The highest BCUT2D eigenvalue weighted by Crippen LogP contribution is 2.42. The van der Waals surface area contributed by atoms with Crippen LogP contribution in [0, 0.1) is 6.92 Å². The van der Waals surface area contributed by atoms with Crippen molar-refractivity contribution in [3.63, 3.8) is 0 Å². The van der Waals surface area contributed by atoms with Crippen molar-refractivity contribution in [3.05, 3.63) is 67.5 Å². The molecule has 148 valence electrons. The zero-order valence-electron chi connectivity index (χ0n) is 15.2. The van der Waals surface area contributed by atoms with Crippen LogP contribution < -0.4 is 10.1 Å². The maximum Gasteiger partial charge on any atom is 0.336 e. The maximum atomic E-state index is 12.9. The van der Waals surface area contributed by atoms with Crippen LogP contribution in [-0.2, 0) is 6.42 Å². The van der Waals surface area contributed by atoms with Crippen LogP contribution in [-0.4, -0.2) is 23.6 Å². The summed E-state index contributed by atoms with van der Waals surface area (Å²) in [6.45, 7) is 2.15. The lowest BCUT2D eigenvalue weighted by Crippen LogP contribution is -2.13. The van der Waals surface area contributed by atoms with E-state index in [9.17, 15) is 14.7 Å². The molecule has 0 saturated heterocycles.